The average molecular weight is 350 g/mol. The van der Waals surface area contributed by atoms with Crippen LogP contribution in [-0.4, -0.2) is 34.1 Å². The summed E-state index contributed by atoms with van der Waals surface area (Å²) >= 11 is 1.40. The lowest BCUT2D eigenvalue weighted by Gasteiger charge is -2.38. The minimum Gasteiger partial charge on any atom is -0.346 e. The molecule has 0 fully saturated rings. The molecule has 0 bridgehead atoms. The second-order valence-electron chi connectivity index (χ2n) is 6.91. The Kier molecular flexibility index (Phi) is 8.66. The maximum absolute atomic E-state index is 12.6. The molecule has 1 aliphatic heterocycles. The fourth-order valence-corrected chi connectivity index (χ4v) is 3.48. The van der Waals surface area contributed by atoms with Crippen molar-refractivity contribution in [1.29, 1.82) is 0 Å². The lowest BCUT2D eigenvalue weighted by atomic mass is 10.0. The van der Waals surface area contributed by atoms with Crippen LogP contribution in [0.3, 0.4) is 0 Å². The van der Waals surface area contributed by atoms with Crippen LogP contribution in [0.2, 0.25) is 0 Å². The lowest BCUT2D eigenvalue weighted by Crippen LogP contribution is -2.40. The number of ether oxygens (including phenoxy) is 1. The van der Waals surface area contributed by atoms with E-state index in [1.165, 1.54) is 11.8 Å². The van der Waals surface area contributed by atoms with Crippen molar-refractivity contribution in [3.63, 3.8) is 0 Å². The quantitative estimate of drug-likeness (QED) is 0.511. The van der Waals surface area contributed by atoms with E-state index in [4.69, 9.17) is 4.74 Å². The van der Waals surface area contributed by atoms with Gasteiger partial charge in [-0.15, -0.1) is 12.5 Å². The number of hydrogen-bond acceptors (Lipinski definition) is 4. The predicted molar refractivity (Wildman–Crippen MR) is 104 cm³/mol. The molecule has 0 saturated heterocycles. The Morgan fingerprint density at radius 3 is 2.75 bits per heavy atom. The van der Waals surface area contributed by atoms with Gasteiger partial charge in [-0.3, -0.25) is 4.79 Å². The predicted octanol–water partition coefficient (Wildman–Crippen LogP) is 4.75. The van der Waals surface area contributed by atoms with Crippen LogP contribution in [-0.2, 0) is 9.53 Å². The number of rotatable bonds is 6. The first-order valence-electron chi connectivity index (χ1n) is 8.68. The molecule has 0 saturated carbocycles. The van der Waals surface area contributed by atoms with Crippen molar-refractivity contribution in [3.05, 3.63) is 23.9 Å². The molecule has 0 spiro atoms. The highest BCUT2D eigenvalue weighted by atomic mass is 32.2. The molecule has 0 aliphatic carbocycles. The van der Waals surface area contributed by atoms with Crippen molar-refractivity contribution in [2.24, 2.45) is 0 Å². The highest BCUT2D eigenvalue weighted by molar-refractivity contribution is 8.15. The van der Waals surface area contributed by atoms with Gasteiger partial charge in [0.05, 0.1) is 0 Å². The number of thioether (sulfide) groups is 1. The third-order valence-electron chi connectivity index (χ3n) is 3.68. The summed E-state index contributed by atoms with van der Waals surface area (Å²) in [6, 6.07) is 0. The zero-order valence-electron chi connectivity index (χ0n) is 15.8. The van der Waals surface area contributed by atoms with Crippen molar-refractivity contribution in [3.8, 4) is 11.8 Å². The molecule has 0 amide bonds. The largest absolute Gasteiger partial charge is 0.346 e. The van der Waals surface area contributed by atoms with E-state index in [0.717, 1.165) is 37.0 Å². The Bertz CT molecular complexity index is 534. The van der Waals surface area contributed by atoms with Crippen molar-refractivity contribution >= 4 is 16.9 Å². The standard InChI is InChI=1S/C20H31NO2S/c1-7-9-10-11-15-23-18-13-12-17(16(3)21(18)14-8-2)19(22)24-20(4,5)6/h8,18H,2,7,9,12-15H2,1,3-6H3. The fourth-order valence-electron chi connectivity index (χ4n) is 2.55. The highest BCUT2D eigenvalue weighted by Crippen LogP contribution is 2.34. The molecular formula is C20H31NO2S. The van der Waals surface area contributed by atoms with Gasteiger partial charge in [-0.2, -0.15) is 0 Å². The summed E-state index contributed by atoms with van der Waals surface area (Å²) in [4.78, 5) is 14.7. The molecule has 0 aromatic heterocycles. The Morgan fingerprint density at radius 2 is 2.17 bits per heavy atom. The first kappa shape index (κ1) is 20.9. The van der Waals surface area contributed by atoms with Crippen molar-refractivity contribution in [2.45, 2.75) is 71.3 Å². The van der Waals surface area contributed by atoms with Crippen LogP contribution in [0.1, 0.15) is 60.3 Å². The fraction of sp³-hybridized carbons (Fsp3) is 0.650. The summed E-state index contributed by atoms with van der Waals surface area (Å²) < 4.78 is 5.87. The summed E-state index contributed by atoms with van der Waals surface area (Å²) in [5.41, 5.74) is 1.92. The van der Waals surface area contributed by atoms with E-state index in [1.54, 1.807) is 0 Å². The molecular weight excluding hydrogens is 318 g/mol. The van der Waals surface area contributed by atoms with Crippen LogP contribution >= 0.6 is 11.8 Å². The molecule has 0 aromatic rings. The maximum Gasteiger partial charge on any atom is 0.217 e. The Balaban J connectivity index is 2.82. The van der Waals surface area contributed by atoms with E-state index in [9.17, 15) is 4.79 Å². The second kappa shape index (κ2) is 9.96. The van der Waals surface area contributed by atoms with Gasteiger partial charge in [0, 0.05) is 29.0 Å². The van der Waals surface area contributed by atoms with Crippen molar-refractivity contribution < 1.29 is 9.53 Å². The normalized spacial score (nSPS) is 18.2. The van der Waals surface area contributed by atoms with Crippen LogP contribution < -0.4 is 0 Å². The molecule has 1 rings (SSSR count). The molecule has 1 aliphatic rings. The van der Waals surface area contributed by atoms with Crippen molar-refractivity contribution in [1.82, 2.24) is 4.90 Å². The molecule has 3 nitrogen and oxygen atoms in total. The minimum absolute atomic E-state index is 0.0323. The van der Waals surface area contributed by atoms with E-state index < -0.39 is 0 Å². The minimum atomic E-state index is -0.0736. The molecule has 4 heteroatoms. The van der Waals surface area contributed by atoms with Gasteiger partial charge in [-0.05, 0) is 26.2 Å². The number of allylic oxidation sites excluding steroid dienone is 1. The molecule has 1 atom stereocenters. The number of carbonyl (C=O) groups excluding carboxylic acids is 1. The maximum atomic E-state index is 12.6. The molecule has 0 N–H and O–H groups in total. The smallest absolute Gasteiger partial charge is 0.217 e. The van der Waals surface area contributed by atoms with Gasteiger partial charge >= 0.3 is 0 Å². The number of hydrogen-bond donors (Lipinski definition) is 0. The topological polar surface area (TPSA) is 29.5 Å². The van der Waals surface area contributed by atoms with E-state index in [1.807, 2.05) is 13.0 Å². The van der Waals surface area contributed by atoms with Gasteiger partial charge in [-0.25, -0.2) is 0 Å². The summed E-state index contributed by atoms with van der Waals surface area (Å²) in [6.07, 6.45) is 5.37. The third-order valence-corrected chi connectivity index (χ3v) is 4.72. The van der Waals surface area contributed by atoms with Crippen LogP contribution in [0.4, 0.5) is 0 Å². The highest BCUT2D eigenvalue weighted by Gasteiger charge is 2.30. The van der Waals surface area contributed by atoms with Crippen LogP contribution in [0.25, 0.3) is 0 Å². The Labute approximate surface area is 151 Å². The molecule has 0 aromatic carbocycles. The van der Waals surface area contributed by atoms with Gasteiger partial charge in [-0.1, -0.05) is 51.5 Å². The van der Waals surface area contributed by atoms with Gasteiger partial charge in [0.25, 0.3) is 0 Å². The Hall–Kier alpha value is -1.18. The molecule has 134 valence electrons. The summed E-state index contributed by atoms with van der Waals surface area (Å²) in [6.45, 7) is 15.3. The molecule has 1 heterocycles. The van der Waals surface area contributed by atoms with Crippen LogP contribution in [0.15, 0.2) is 23.9 Å². The number of nitrogens with zero attached hydrogens (tertiary/aromatic N) is 1. The monoisotopic (exact) mass is 349 g/mol. The van der Waals surface area contributed by atoms with E-state index in [0.29, 0.717) is 13.2 Å². The third kappa shape index (κ3) is 6.75. The van der Waals surface area contributed by atoms with E-state index >= 15 is 0 Å². The molecule has 0 radical (unpaired) electrons. The molecule has 24 heavy (non-hydrogen) atoms. The van der Waals surface area contributed by atoms with Gasteiger partial charge < -0.3 is 9.64 Å². The first-order chi connectivity index (χ1) is 11.3. The first-order valence-corrected chi connectivity index (χ1v) is 9.49. The van der Waals surface area contributed by atoms with Gasteiger partial charge in [0.2, 0.25) is 5.12 Å². The van der Waals surface area contributed by atoms with Gasteiger partial charge in [0.15, 0.2) is 0 Å². The zero-order valence-corrected chi connectivity index (χ0v) is 16.6. The van der Waals surface area contributed by atoms with Crippen LogP contribution in [0.5, 0.6) is 0 Å². The summed E-state index contributed by atoms with van der Waals surface area (Å²) in [7, 11) is 0. The SMILES string of the molecule is C=CCN1C(C)=C(C(=O)SC(C)(C)C)CCC1OCC#CCCC. The lowest BCUT2D eigenvalue weighted by molar-refractivity contribution is -0.109. The van der Waals surface area contributed by atoms with Gasteiger partial charge in [0.1, 0.15) is 12.8 Å². The summed E-state index contributed by atoms with van der Waals surface area (Å²) in [5, 5.41) is 0.176. The number of carbonyl (C=O) groups is 1. The van der Waals surface area contributed by atoms with E-state index in [2.05, 4.69) is 51.0 Å². The Morgan fingerprint density at radius 1 is 1.46 bits per heavy atom. The van der Waals surface area contributed by atoms with Crippen molar-refractivity contribution in [2.75, 3.05) is 13.2 Å². The summed E-state index contributed by atoms with van der Waals surface area (Å²) in [5.74, 6) is 6.17. The second-order valence-corrected chi connectivity index (χ2v) is 8.71. The zero-order chi connectivity index (χ0) is 18.2. The molecule has 1 unspecified atom stereocenters. The van der Waals surface area contributed by atoms with Crippen LogP contribution in [0, 0.1) is 11.8 Å². The number of unbranched alkanes of at least 4 members (excludes halogenated alkanes) is 1. The average Bonchev–Trinajstić information content (AvgIpc) is 2.48. The van der Waals surface area contributed by atoms with E-state index in [-0.39, 0.29) is 16.1 Å².